The SMILES string of the molecule is O=C(Cc1cccc(Cl)c1)N1CCC(C2(c3ccccn3)NC(=O)N(CC3CCCO3)C2=O)CC1. The first kappa shape index (κ1) is 23.8. The lowest BCUT2D eigenvalue weighted by molar-refractivity contribution is -0.137. The van der Waals surface area contributed by atoms with Crippen molar-refractivity contribution in [2.24, 2.45) is 5.92 Å². The lowest BCUT2D eigenvalue weighted by Crippen LogP contribution is -2.55. The molecule has 0 saturated carbocycles. The number of amides is 4. The van der Waals surface area contributed by atoms with Gasteiger partial charge in [-0.3, -0.25) is 19.5 Å². The standard InChI is InChI=1S/C26H29ClN4O4/c27-20-6-3-5-18(15-20)16-23(32)30-12-9-19(10-13-30)26(22-8-1-2-11-28-22)24(33)31(25(34)29-26)17-21-7-4-14-35-21/h1-3,5-6,8,11,15,19,21H,4,7,9-10,12-14,16-17H2,(H,29,34). The maximum atomic E-state index is 13.9. The number of aromatic nitrogens is 1. The molecule has 1 aromatic heterocycles. The number of rotatable bonds is 6. The number of pyridine rings is 1. The smallest absolute Gasteiger partial charge is 0.325 e. The third-order valence-electron chi connectivity index (χ3n) is 7.32. The molecule has 8 nitrogen and oxygen atoms in total. The van der Waals surface area contributed by atoms with Crippen LogP contribution in [-0.2, 0) is 26.3 Å². The van der Waals surface area contributed by atoms with Crippen LogP contribution in [0.25, 0.3) is 0 Å². The van der Waals surface area contributed by atoms with Crippen molar-refractivity contribution < 1.29 is 19.1 Å². The number of ether oxygens (including phenoxy) is 1. The topological polar surface area (TPSA) is 91.8 Å². The first-order valence-electron chi connectivity index (χ1n) is 12.2. The maximum Gasteiger partial charge on any atom is 0.325 e. The van der Waals surface area contributed by atoms with Crippen molar-refractivity contribution in [3.05, 3.63) is 64.9 Å². The molecule has 3 aliphatic rings. The number of nitrogens with zero attached hydrogens (tertiary/aromatic N) is 3. The van der Waals surface area contributed by atoms with Crippen LogP contribution >= 0.6 is 11.6 Å². The molecule has 5 rings (SSSR count). The van der Waals surface area contributed by atoms with Crippen molar-refractivity contribution in [1.29, 1.82) is 0 Å². The highest BCUT2D eigenvalue weighted by Crippen LogP contribution is 2.41. The number of urea groups is 1. The fraction of sp³-hybridized carbons (Fsp3) is 0.462. The summed E-state index contributed by atoms with van der Waals surface area (Å²) >= 11 is 6.06. The summed E-state index contributed by atoms with van der Waals surface area (Å²) in [6, 6.07) is 12.3. The van der Waals surface area contributed by atoms with Gasteiger partial charge in [-0.15, -0.1) is 0 Å². The number of likely N-dealkylation sites (tertiary alicyclic amines) is 1. The highest BCUT2D eigenvalue weighted by Gasteiger charge is 2.58. The molecule has 0 bridgehead atoms. The number of carbonyl (C=O) groups is 3. The molecule has 2 aromatic rings. The van der Waals surface area contributed by atoms with E-state index in [1.807, 2.05) is 23.1 Å². The number of imide groups is 1. The van der Waals surface area contributed by atoms with Crippen molar-refractivity contribution in [3.63, 3.8) is 0 Å². The molecule has 0 spiro atoms. The summed E-state index contributed by atoms with van der Waals surface area (Å²) in [6.07, 6.45) is 4.72. The highest BCUT2D eigenvalue weighted by molar-refractivity contribution is 6.30. The van der Waals surface area contributed by atoms with Crippen LogP contribution in [0.15, 0.2) is 48.7 Å². The Bertz CT molecular complexity index is 1100. The molecule has 2 atom stereocenters. The van der Waals surface area contributed by atoms with Crippen molar-refractivity contribution >= 4 is 29.4 Å². The zero-order valence-electron chi connectivity index (χ0n) is 19.5. The number of halogens is 1. The van der Waals surface area contributed by atoms with Gasteiger partial charge in [-0.25, -0.2) is 4.79 Å². The Hall–Kier alpha value is -2.97. The van der Waals surface area contributed by atoms with Crippen molar-refractivity contribution in [3.8, 4) is 0 Å². The van der Waals surface area contributed by atoms with Gasteiger partial charge >= 0.3 is 6.03 Å². The molecule has 3 fully saturated rings. The number of piperidine rings is 1. The van der Waals surface area contributed by atoms with Crippen LogP contribution in [-0.4, -0.2) is 65.0 Å². The van der Waals surface area contributed by atoms with E-state index < -0.39 is 11.6 Å². The van der Waals surface area contributed by atoms with Gasteiger partial charge in [-0.2, -0.15) is 0 Å². The predicted molar refractivity (Wildman–Crippen MR) is 130 cm³/mol. The Morgan fingerprint density at radius 3 is 2.66 bits per heavy atom. The molecule has 4 amide bonds. The molecule has 1 N–H and O–H groups in total. The zero-order valence-corrected chi connectivity index (χ0v) is 20.2. The van der Waals surface area contributed by atoms with E-state index in [0.29, 0.717) is 43.3 Å². The van der Waals surface area contributed by atoms with Crippen LogP contribution in [0.2, 0.25) is 5.02 Å². The summed E-state index contributed by atoms with van der Waals surface area (Å²) < 4.78 is 5.69. The summed E-state index contributed by atoms with van der Waals surface area (Å²) in [6.45, 7) is 1.92. The molecule has 2 unspecified atom stereocenters. The number of benzene rings is 1. The average Bonchev–Trinajstić information content (AvgIpc) is 3.47. The molecule has 184 valence electrons. The number of carbonyl (C=O) groups excluding carboxylic acids is 3. The summed E-state index contributed by atoms with van der Waals surface area (Å²) in [5, 5.41) is 3.62. The van der Waals surface area contributed by atoms with Gasteiger partial charge in [-0.1, -0.05) is 29.8 Å². The Morgan fingerprint density at radius 1 is 1.14 bits per heavy atom. The molecule has 1 aromatic carbocycles. The van der Waals surface area contributed by atoms with Gasteiger partial charge in [0.15, 0.2) is 5.54 Å². The Morgan fingerprint density at radius 2 is 1.97 bits per heavy atom. The van der Waals surface area contributed by atoms with Gasteiger partial charge in [0.25, 0.3) is 5.91 Å². The number of hydrogen-bond acceptors (Lipinski definition) is 5. The first-order valence-corrected chi connectivity index (χ1v) is 12.5. The fourth-order valence-corrected chi connectivity index (χ4v) is 5.72. The molecule has 3 saturated heterocycles. The normalized spacial score (nSPS) is 25.2. The van der Waals surface area contributed by atoms with E-state index in [0.717, 1.165) is 18.4 Å². The summed E-state index contributed by atoms with van der Waals surface area (Å²) in [5.41, 5.74) is 0.174. The van der Waals surface area contributed by atoms with E-state index in [9.17, 15) is 14.4 Å². The highest BCUT2D eigenvalue weighted by atomic mass is 35.5. The zero-order chi connectivity index (χ0) is 24.4. The Labute approximate surface area is 209 Å². The minimum absolute atomic E-state index is 0.0272. The van der Waals surface area contributed by atoms with Gasteiger partial charge in [0.2, 0.25) is 5.91 Å². The van der Waals surface area contributed by atoms with Gasteiger partial charge in [0, 0.05) is 36.8 Å². The van der Waals surface area contributed by atoms with Crippen molar-refractivity contribution in [1.82, 2.24) is 20.1 Å². The van der Waals surface area contributed by atoms with Gasteiger partial charge < -0.3 is 15.0 Å². The van der Waals surface area contributed by atoms with E-state index in [4.69, 9.17) is 16.3 Å². The van der Waals surface area contributed by atoms with Crippen LogP contribution in [0.1, 0.15) is 36.9 Å². The first-order chi connectivity index (χ1) is 17.0. The van der Waals surface area contributed by atoms with Crippen LogP contribution in [0.3, 0.4) is 0 Å². The quantitative estimate of drug-likeness (QED) is 0.620. The van der Waals surface area contributed by atoms with Crippen LogP contribution in [0.4, 0.5) is 4.79 Å². The van der Waals surface area contributed by atoms with E-state index in [2.05, 4.69) is 10.3 Å². The minimum atomic E-state index is -1.24. The fourth-order valence-electron chi connectivity index (χ4n) is 5.50. The molecular weight excluding hydrogens is 468 g/mol. The van der Waals surface area contributed by atoms with E-state index in [1.54, 1.807) is 30.5 Å². The lowest BCUT2D eigenvalue weighted by Gasteiger charge is -2.40. The second-order valence-electron chi connectivity index (χ2n) is 9.47. The second-order valence-corrected chi connectivity index (χ2v) is 9.90. The molecule has 9 heteroatoms. The minimum Gasteiger partial charge on any atom is -0.376 e. The molecule has 3 aliphatic heterocycles. The van der Waals surface area contributed by atoms with Gasteiger partial charge in [-0.05, 0) is 55.5 Å². The van der Waals surface area contributed by atoms with E-state index >= 15 is 0 Å². The van der Waals surface area contributed by atoms with Crippen LogP contribution in [0.5, 0.6) is 0 Å². The monoisotopic (exact) mass is 496 g/mol. The number of hydrogen-bond donors (Lipinski definition) is 1. The molecule has 0 radical (unpaired) electrons. The molecular formula is C26H29ClN4O4. The summed E-state index contributed by atoms with van der Waals surface area (Å²) in [4.78, 5) is 47.5. The predicted octanol–water partition coefficient (Wildman–Crippen LogP) is 3.14. The van der Waals surface area contributed by atoms with E-state index in [-0.39, 0.29) is 36.8 Å². The molecule has 35 heavy (non-hydrogen) atoms. The Kier molecular flexibility index (Phi) is 6.75. The number of nitrogens with one attached hydrogen (secondary N) is 1. The third kappa shape index (κ3) is 4.65. The largest absolute Gasteiger partial charge is 0.376 e. The van der Waals surface area contributed by atoms with E-state index in [1.165, 1.54) is 4.90 Å². The summed E-state index contributed by atoms with van der Waals surface area (Å²) in [7, 11) is 0. The van der Waals surface area contributed by atoms with Crippen molar-refractivity contribution in [2.75, 3.05) is 26.2 Å². The second kappa shape index (κ2) is 9.95. The molecule has 4 heterocycles. The third-order valence-corrected chi connectivity index (χ3v) is 7.55. The van der Waals surface area contributed by atoms with Crippen molar-refractivity contribution in [2.45, 2.75) is 43.7 Å². The summed E-state index contributed by atoms with van der Waals surface area (Å²) in [5.74, 6) is -0.432. The lowest BCUT2D eigenvalue weighted by atomic mass is 9.75. The average molecular weight is 497 g/mol. The molecule has 0 aliphatic carbocycles. The van der Waals surface area contributed by atoms with Gasteiger partial charge in [0.05, 0.1) is 24.8 Å². The Balaban J connectivity index is 1.33. The van der Waals surface area contributed by atoms with Crippen LogP contribution in [0, 0.1) is 5.92 Å². The maximum absolute atomic E-state index is 13.9. The van der Waals surface area contributed by atoms with Crippen LogP contribution < -0.4 is 5.32 Å². The van der Waals surface area contributed by atoms with Gasteiger partial charge in [0.1, 0.15) is 0 Å².